The molecule has 0 amide bonds. The molecule has 4 nitrogen and oxygen atoms in total. The largest absolute Gasteiger partial charge is 0.486 e. The number of fused-ring (bicyclic) bond motifs is 2. The molecule has 3 rings (SSSR count). The van der Waals surface area contributed by atoms with Gasteiger partial charge in [0.1, 0.15) is 11.9 Å². The molecule has 22 heavy (non-hydrogen) atoms. The quantitative estimate of drug-likeness (QED) is 0.792. The summed E-state index contributed by atoms with van der Waals surface area (Å²) in [5, 5.41) is 0. The molecule has 1 atom stereocenters. The number of nitrogens with zero attached hydrogens (tertiary/aromatic N) is 2. The molecule has 1 aromatic carbocycles. The van der Waals surface area contributed by atoms with Gasteiger partial charge in [0.05, 0.1) is 18.8 Å². The van der Waals surface area contributed by atoms with Crippen molar-refractivity contribution in [3.8, 4) is 5.75 Å². The number of rotatable bonds is 4. The van der Waals surface area contributed by atoms with Crippen LogP contribution in [-0.4, -0.2) is 58.8 Å². The van der Waals surface area contributed by atoms with Gasteiger partial charge in [-0.25, -0.2) is 0 Å². The summed E-state index contributed by atoms with van der Waals surface area (Å²) in [6.45, 7) is 6.60. The fourth-order valence-electron chi connectivity index (χ4n) is 3.29. The molecule has 0 N–H and O–H groups in total. The first-order valence-corrected chi connectivity index (χ1v) is 8.27. The predicted molar refractivity (Wildman–Crippen MR) is 90.0 cm³/mol. The Morgan fingerprint density at radius 2 is 2.00 bits per heavy atom. The average molecular weight is 300 g/mol. The second-order valence-corrected chi connectivity index (χ2v) is 6.21. The lowest BCUT2D eigenvalue weighted by Crippen LogP contribution is -2.41. The zero-order valence-corrected chi connectivity index (χ0v) is 13.7. The lowest BCUT2D eigenvalue weighted by atomic mass is 9.99. The van der Waals surface area contributed by atoms with Gasteiger partial charge in [-0.3, -0.25) is 0 Å². The second-order valence-electron chi connectivity index (χ2n) is 6.21. The van der Waals surface area contributed by atoms with Gasteiger partial charge in [0, 0.05) is 13.7 Å². The smallest absolute Gasteiger partial charge is 0.182 e. The van der Waals surface area contributed by atoms with Crippen molar-refractivity contribution >= 4 is 13.7 Å². The molecule has 0 fully saturated rings. The van der Waals surface area contributed by atoms with Gasteiger partial charge in [0.2, 0.25) is 0 Å². The van der Waals surface area contributed by atoms with Gasteiger partial charge in [-0.05, 0) is 55.6 Å². The van der Waals surface area contributed by atoms with E-state index in [1.54, 1.807) is 7.11 Å². The first-order chi connectivity index (χ1) is 10.7. The van der Waals surface area contributed by atoms with Gasteiger partial charge >= 0.3 is 0 Å². The van der Waals surface area contributed by atoms with Crippen LogP contribution in [0.5, 0.6) is 5.75 Å². The van der Waals surface area contributed by atoms with Crippen molar-refractivity contribution in [1.82, 2.24) is 4.81 Å². The minimum atomic E-state index is 0.263. The SMILES string of the molecule is [B]N1CCc2cc3c(cc2CC1)N(CCOC)CC(CC)O3. The highest BCUT2D eigenvalue weighted by Crippen LogP contribution is 2.37. The summed E-state index contributed by atoms with van der Waals surface area (Å²) in [6.07, 6.45) is 3.29. The molecule has 0 bridgehead atoms. The van der Waals surface area contributed by atoms with Crippen LogP contribution in [0.4, 0.5) is 5.69 Å². The molecule has 2 radical (unpaired) electrons. The first-order valence-electron chi connectivity index (χ1n) is 8.27. The van der Waals surface area contributed by atoms with Gasteiger partial charge in [-0.2, -0.15) is 0 Å². The summed E-state index contributed by atoms with van der Waals surface area (Å²) < 4.78 is 11.5. The Balaban J connectivity index is 1.91. The number of benzene rings is 1. The van der Waals surface area contributed by atoms with E-state index in [1.807, 2.05) is 4.81 Å². The molecule has 118 valence electrons. The van der Waals surface area contributed by atoms with Gasteiger partial charge in [0.25, 0.3) is 0 Å². The molecule has 2 heterocycles. The van der Waals surface area contributed by atoms with Crippen LogP contribution in [0.2, 0.25) is 0 Å². The monoisotopic (exact) mass is 300 g/mol. The van der Waals surface area contributed by atoms with E-state index in [2.05, 4.69) is 24.0 Å². The van der Waals surface area contributed by atoms with Crippen molar-refractivity contribution in [2.75, 3.05) is 44.8 Å². The molecule has 0 aromatic heterocycles. The molecule has 0 saturated heterocycles. The fraction of sp³-hybridized carbons (Fsp3) is 0.647. The van der Waals surface area contributed by atoms with Gasteiger partial charge in [-0.15, -0.1) is 0 Å². The van der Waals surface area contributed by atoms with Crippen molar-refractivity contribution in [2.24, 2.45) is 0 Å². The standard InChI is InChI=1S/C17H25BN2O2/c1-3-15-12-19(8-9-21-2)16-10-13-4-6-20(18)7-5-14(13)11-17(16)22-15/h10-11,15H,3-9,12H2,1-2H3. The van der Waals surface area contributed by atoms with Crippen LogP contribution in [0.25, 0.3) is 0 Å². The Morgan fingerprint density at radius 3 is 2.68 bits per heavy atom. The predicted octanol–water partition coefficient (Wildman–Crippen LogP) is 1.79. The van der Waals surface area contributed by atoms with Crippen LogP contribution in [0.3, 0.4) is 0 Å². The van der Waals surface area contributed by atoms with Gasteiger partial charge in [-0.1, -0.05) is 6.92 Å². The summed E-state index contributed by atoms with van der Waals surface area (Å²) in [5.74, 6) is 1.03. The zero-order chi connectivity index (χ0) is 15.5. The second kappa shape index (κ2) is 6.92. The molecule has 0 saturated carbocycles. The molecule has 2 aliphatic rings. The number of methoxy groups -OCH3 is 1. The lowest BCUT2D eigenvalue weighted by molar-refractivity contribution is 0.174. The summed E-state index contributed by atoms with van der Waals surface area (Å²) >= 11 is 0. The van der Waals surface area contributed by atoms with Crippen molar-refractivity contribution in [3.05, 3.63) is 23.3 Å². The third kappa shape index (κ3) is 3.25. The Bertz CT molecular complexity index is 524. The zero-order valence-electron chi connectivity index (χ0n) is 13.7. The fourth-order valence-corrected chi connectivity index (χ4v) is 3.29. The molecule has 5 heteroatoms. The normalized spacial score (nSPS) is 21.7. The van der Waals surface area contributed by atoms with Crippen LogP contribution in [0.1, 0.15) is 24.5 Å². The minimum absolute atomic E-state index is 0.263. The van der Waals surface area contributed by atoms with Crippen LogP contribution < -0.4 is 9.64 Å². The summed E-state index contributed by atoms with van der Waals surface area (Å²) in [7, 11) is 7.73. The van der Waals surface area contributed by atoms with Crippen LogP contribution in [0, 0.1) is 0 Å². The Labute approximate surface area is 134 Å². The van der Waals surface area contributed by atoms with Crippen molar-refractivity contribution in [2.45, 2.75) is 32.3 Å². The maximum absolute atomic E-state index is 6.20. The van der Waals surface area contributed by atoms with Crippen molar-refractivity contribution in [1.29, 1.82) is 0 Å². The molecule has 1 unspecified atom stereocenters. The van der Waals surface area contributed by atoms with E-state index in [4.69, 9.17) is 17.5 Å². The Kier molecular flexibility index (Phi) is 4.94. The van der Waals surface area contributed by atoms with Crippen LogP contribution in [-0.2, 0) is 17.6 Å². The van der Waals surface area contributed by atoms with Gasteiger partial charge < -0.3 is 19.2 Å². The van der Waals surface area contributed by atoms with E-state index in [1.165, 1.54) is 16.8 Å². The molecule has 1 aromatic rings. The highest BCUT2D eigenvalue weighted by molar-refractivity contribution is 6.04. The summed E-state index contributed by atoms with van der Waals surface area (Å²) in [4.78, 5) is 4.32. The van der Waals surface area contributed by atoms with Crippen LogP contribution in [0.15, 0.2) is 12.1 Å². The van der Waals surface area contributed by atoms with E-state index >= 15 is 0 Å². The van der Waals surface area contributed by atoms with Crippen LogP contribution >= 0.6 is 0 Å². The molecular weight excluding hydrogens is 275 g/mol. The first kappa shape index (κ1) is 15.7. The topological polar surface area (TPSA) is 24.9 Å². The van der Waals surface area contributed by atoms with Crippen molar-refractivity contribution in [3.63, 3.8) is 0 Å². The number of anilines is 1. The van der Waals surface area contributed by atoms with E-state index in [-0.39, 0.29) is 6.10 Å². The van der Waals surface area contributed by atoms with E-state index in [9.17, 15) is 0 Å². The maximum Gasteiger partial charge on any atom is 0.182 e. The number of hydrogen-bond donors (Lipinski definition) is 0. The number of hydrogen-bond acceptors (Lipinski definition) is 4. The molecular formula is C17H25BN2O2. The Morgan fingerprint density at radius 1 is 1.27 bits per heavy atom. The van der Waals surface area contributed by atoms with Crippen molar-refractivity contribution < 1.29 is 9.47 Å². The average Bonchev–Trinajstić information content (AvgIpc) is 2.72. The molecule has 0 spiro atoms. The third-order valence-corrected chi connectivity index (χ3v) is 4.70. The third-order valence-electron chi connectivity index (χ3n) is 4.70. The highest BCUT2D eigenvalue weighted by Gasteiger charge is 2.26. The maximum atomic E-state index is 6.20. The number of ether oxygens (including phenoxy) is 2. The van der Waals surface area contributed by atoms with Gasteiger partial charge in [0.15, 0.2) is 7.98 Å². The van der Waals surface area contributed by atoms with E-state index in [0.717, 1.165) is 57.8 Å². The Hall–Kier alpha value is -1.20. The highest BCUT2D eigenvalue weighted by atomic mass is 16.5. The summed E-state index contributed by atoms with van der Waals surface area (Å²) in [6, 6.07) is 4.55. The lowest BCUT2D eigenvalue weighted by Gasteiger charge is -2.36. The molecule has 0 aliphatic carbocycles. The molecule has 2 aliphatic heterocycles. The van der Waals surface area contributed by atoms with E-state index < -0.39 is 0 Å². The summed E-state index contributed by atoms with van der Waals surface area (Å²) in [5.41, 5.74) is 4.01. The minimum Gasteiger partial charge on any atom is -0.486 e. The van der Waals surface area contributed by atoms with E-state index in [0.29, 0.717) is 0 Å².